The number of carbonyl (C=O) groups is 4. The number of nitrogens with zero attached hydrogens (tertiary/aromatic N) is 1. The zero-order chi connectivity index (χ0) is 31.8. The average Bonchev–Trinajstić information content (AvgIpc) is 2.86. The Morgan fingerprint density at radius 3 is 1.86 bits per heavy atom. The Morgan fingerprint density at radius 1 is 0.810 bits per heavy atom. The minimum Gasteiger partial charge on any atom is -0.458 e. The van der Waals surface area contributed by atoms with E-state index in [0.717, 1.165) is 16.7 Å². The lowest BCUT2D eigenvalue weighted by Crippen LogP contribution is -2.54. The van der Waals surface area contributed by atoms with Gasteiger partial charge in [0.05, 0.1) is 0 Å². The number of amides is 3. The van der Waals surface area contributed by atoms with E-state index in [1.165, 1.54) is 11.9 Å². The number of esters is 1. The number of likely N-dealkylation sites (N-methyl/N-ethyl adjacent to an activating group) is 1. The number of rotatable bonds is 10. The molecule has 2 rings (SSSR count). The van der Waals surface area contributed by atoms with Gasteiger partial charge in [-0.05, 0) is 77.6 Å². The highest BCUT2D eigenvalue weighted by Gasteiger charge is 2.37. The summed E-state index contributed by atoms with van der Waals surface area (Å²) in [5.74, 6) is -1.73. The van der Waals surface area contributed by atoms with Crippen LogP contribution in [0.15, 0.2) is 48.5 Å². The Morgan fingerprint density at radius 2 is 1.36 bits per heavy atom. The quantitative estimate of drug-likeness (QED) is 0.270. The highest BCUT2D eigenvalue weighted by molar-refractivity contribution is 7.80. The number of hydrogen-bond donors (Lipinski definition) is 3. The summed E-state index contributed by atoms with van der Waals surface area (Å²) < 4.78 is 11.0. The van der Waals surface area contributed by atoms with Gasteiger partial charge >= 0.3 is 12.1 Å². The van der Waals surface area contributed by atoms with Crippen molar-refractivity contribution in [2.24, 2.45) is 0 Å². The SMILES string of the molecule is Cc1cccc(C)c1C(C(=O)NC(Cc1ccccc1)C(=O)OC(C)(C)C)N(C)C(=O)C(CS)NC(=O)OC(C)(C)C. The van der Waals surface area contributed by atoms with Gasteiger partial charge in [-0.2, -0.15) is 12.6 Å². The molecule has 0 fully saturated rings. The van der Waals surface area contributed by atoms with Crippen molar-refractivity contribution in [1.82, 2.24) is 15.5 Å². The van der Waals surface area contributed by atoms with E-state index in [4.69, 9.17) is 9.47 Å². The van der Waals surface area contributed by atoms with Crippen LogP contribution in [0.25, 0.3) is 0 Å². The van der Waals surface area contributed by atoms with Crippen molar-refractivity contribution in [3.05, 3.63) is 70.8 Å². The molecule has 9 nitrogen and oxygen atoms in total. The predicted molar refractivity (Wildman–Crippen MR) is 166 cm³/mol. The van der Waals surface area contributed by atoms with Crippen molar-refractivity contribution in [2.75, 3.05) is 12.8 Å². The van der Waals surface area contributed by atoms with Crippen LogP contribution in [0.5, 0.6) is 0 Å². The third kappa shape index (κ3) is 10.4. The van der Waals surface area contributed by atoms with Crippen molar-refractivity contribution in [2.45, 2.75) is 91.1 Å². The summed E-state index contributed by atoms with van der Waals surface area (Å²) >= 11 is 4.28. The van der Waals surface area contributed by atoms with Crippen molar-refractivity contribution >= 4 is 36.5 Å². The number of hydrogen-bond acceptors (Lipinski definition) is 7. The van der Waals surface area contributed by atoms with Gasteiger partial charge in [0, 0.05) is 19.2 Å². The van der Waals surface area contributed by atoms with Crippen molar-refractivity contribution in [3.63, 3.8) is 0 Å². The van der Waals surface area contributed by atoms with Crippen LogP contribution in [0, 0.1) is 13.8 Å². The summed E-state index contributed by atoms with van der Waals surface area (Å²) in [6.07, 6.45) is -0.581. The number of benzene rings is 2. The lowest BCUT2D eigenvalue weighted by Gasteiger charge is -2.34. The fourth-order valence-electron chi connectivity index (χ4n) is 4.43. The van der Waals surface area contributed by atoms with E-state index in [-0.39, 0.29) is 12.2 Å². The standard InChI is InChI=1S/C32H45N3O6S/c1-20-14-13-15-21(2)25(20)26(35(9)28(37)24(19-42)34-30(39)41-32(6,7)8)27(36)33-23(29(38)40-31(3,4)5)18-22-16-11-10-12-17-22/h10-17,23-24,26,42H,18-19H2,1-9H3,(H,33,36)(H,34,39). The Kier molecular flexibility index (Phi) is 12.0. The Bertz CT molecular complexity index is 1230. The Hall–Kier alpha value is -3.53. The maximum absolute atomic E-state index is 14.1. The summed E-state index contributed by atoms with van der Waals surface area (Å²) in [6, 6.07) is 11.7. The van der Waals surface area contributed by atoms with Crippen molar-refractivity contribution in [1.29, 1.82) is 0 Å². The van der Waals surface area contributed by atoms with E-state index in [2.05, 4.69) is 23.3 Å². The topological polar surface area (TPSA) is 114 Å². The van der Waals surface area contributed by atoms with Gasteiger partial charge in [0.25, 0.3) is 0 Å². The van der Waals surface area contributed by atoms with Crippen LogP contribution < -0.4 is 10.6 Å². The Labute approximate surface area is 255 Å². The summed E-state index contributed by atoms with van der Waals surface area (Å²) in [5.41, 5.74) is 1.48. The third-order valence-corrected chi connectivity index (χ3v) is 6.63. The van der Waals surface area contributed by atoms with Crippen LogP contribution in [-0.2, 0) is 30.3 Å². The highest BCUT2D eigenvalue weighted by atomic mass is 32.1. The van der Waals surface area contributed by atoms with Gasteiger partial charge in [0.15, 0.2) is 0 Å². The molecule has 2 aromatic rings. The van der Waals surface area contributed by atoms with E-state index >= 15 is 0 Å². The minimum absolute atomic E-state index is 0.0297. The van der Waals surface area contributed by atoms with Crippen LogP contribution in [-0.4, -0.2) is 64.9 Å². The van der Waals surface area contributed by atoms with E-state index < -0.39 is 53.2 Å². The predicted octanol–water partition coefficient (Wildman–Crippen LogP) is 4.70. The molecular formula is C32H45N3O6S. The monoisotopic (exact) mass is 599 g/mol. The molecule has 0 radical (unpaired) electrons. The second-order valence-corrected chi connectivity index (χ2v) is 12.7. The first-order chi connectivity index (χ1) is 19.4. The average molecular weight is 600 g/mol. The molecule has 0 bridgehead atoms. The highest BCUT2D eigenvalue weighted by Crippen LogP contribution is 2.28. The van der Waals surface area contributed by atoms with Gasteiger partial charge in [-0.15, -0.1) is 0 Å². The second kappa shape index (κ2) is 14.6. The number of alkyl carbamates (subject to hydrolysis) is 1. The molecule has 2 aromatic carbocycles. The molecule has 3 amide bonds. The molecule has 0 aliphatic heterocycles. The largest absolute Gasteiger partial charge is 0.458 e. The fourth-order valence-corrected chi connectivity index (χ4v) is 4.68. The number of nitrogens with one attached hydrogen (secondary N) is 2. The number of thiol groups is 1. The van der Waals surface area contributed by atoms with Gasteiger partial charge in [0.1, 0.15) is 29.3 Å². The van der Waals surface area contributed by atoms with Gasteiger partial charge in [-0.25, -0.2) is 9.59 Å². The fraction of sp³-hybridized carbons (Fsp3) is 0.500. The number of ether oxygens (including phenoxy) is 2. The number of carbonyl (C=O) groups excluding carboxylic acids is 4. The first-order valence-electron chi connectivity index (χ1n) is 13.9. The maximum atomic E-state index is 14.1. The van der Waals surface area contributed by atoms with E-state index in [0.29, 0.717) is 5.56 Å². The Balaban J connectivity index is 2.49. The van der Waals surface area contributed by atoms with Crippen LogP contribution in [0.1, 0.15) is 69.8 Å². The maximum Gasteiger partial charge on any atom is 0.408 e. The van der Waals surface area contributed by atoms with E-state index in [1.54, 1.807) is 41.5 Å². The first-order valence-corrected chi connectivity index (χ1v) is 14.6. The molecule has 0 saturated heterocycles. The summed E-state index contributed by atoms with van der Waals surface area (Å²) in [5, 5.41) is 5.43. The molecule has 0 aliphatic rings. The molecule has 3 atom stereocenters. The first kappa shape index (κ1) is 34.7. The zero-order valence-corrected chi connectivity index (χ0v) is 27.0. The molecule has 0 spiro atoms. The summed E-state index contributed by atoms with van der Waals surface area (Å²) in [6.45, 7) is 14.1. The third-order valence-electron chi connectivity index (χ3n) is 6.26. The lowest BCUT2D eigenvalue weighted by molar-refractivity contribution is -0.159. The van der Waals surface area contributed by atoms with Crippen molar-refractivity contribution in [3.8, 4) is 0 Å². The smallest absolute Gasteiger partial charge is 0.408 e. The molecule has 0 aliphatic carbocycles. The lowest BCUT2D eigenvalue weighted by atomic mass is 9.93. The second-order valence-electron chi connectivity index (χ2n) is 12.3. The van der Waals surface area contributed by atoms with Gasteiger partial charge in [-0.1, -0.05) is 48.5 Å². The number of aryl methyl sites for hydroxylation is 2. The van der Waals surface area contributed by atoms with Gasteiger partial charge in [0.2, 0.25) is 11.8 Å². The molecular weight excluding hydrogens is 554 g/mol. The molecule has 3 unspecified atom stereocenters. The van der Waals surface area contributed by atoms with Crippen molar-refractivity contribution < 1.29 is 28.7 Å². The normalized spacial score (nSPS) is 13.8. The van der Waals surface area contributed by atoms with E-state index in [1.807, 2.05) is 62.4 Å². The van der Waals surface area contributed by atoms with Crippen LogP contribution >= 0.6 is 12.6 Å². The summed E-state index contributed by atoms with van der Waals surface area (Å²) in [7, 11) is 1.49. The van der Waals surface area contributed by atoms with Gasteiger partial charge in [-0.3, -0.25) is 9.59 Å². The van der Waals surface area contributed by atoms with Gasteiger partial charge < -0.3 is 25.0 Å². The molecule has 10 heteroatoms. The minimum atomic E-state index is -1.12. The molecule has 2 N–H and O–H groups in total. The molecule has 42 heavy (non-hydrogen) atoms. The molecule has 0 heterocycles. The summed E-state index contributed by atoms with van der Waals surface area (Å²) in [4.78, 5) is 54.9. The molecule has 230 valence electrons. The molecule has 0 saturated carbocycles. The van der Waals surface area contributed by atoms with Crippen LogP contribution in [0.4, 0.5) is 4.79 Å². The van der Waals surface area contributed by atoms with Crippen LogP contribution in [0.3, 0.4) is 0 Å². The van der Waals surface area contributed by atoms with Crippen LogP contribution in [0.2, 0.25) is 0 Å². The van der Waals surface area contributed by atoms with E-state index in [9.17, 15) is 19.2 Å². The zero-order valence-electron chi connectivity index (χ0n) is 26.1. The molecule has 0 aromatic heterocycles.